The first-order valence-corrected chi connectivity index (χ1v) is 11.2. The molecule has 0 fully saturated rings. The average Bonchev–Trinajstić information content (AvgIpc) is 1.90. The van der Waals surface area contributed by atoms with E-state index < -0.39 is 17.5 Å². The number of hydrogen-bond donors (Lipinski definition) is 0. The van der Waals surface area contributed by atoms with Gasteiger partial charge in [0.1, 0.15) is 0 Å². The molecule has 0 spiro atoms. The number of benzene rings is 1. The number of hydrogen-bond acceptors (Lipinski definition) is 1. The summed E-state index contributed by atoms with van der Waals surface area (Å²) in [7, 11) is 11.5. The first kappa shape index (κ1) is 10.6. The van der Waals surface area contributed by atoms with E-state index in [1.54, 1.807) is 0 Å². The fourth-order valence-electron chi connectivity index (χ4n) is 0.564. The fraction of sp³-hybridized carbons (Fsp3) is 0. The summed E-state index contributed by atoms with van der Waals surface area (Å²) in [5.74, 6) is 0. The average molecular weight is 284 g/mol. The van der Waals surface area contributed by atoms with Crippen LogP contribution in [0.3, 0.4) is 0 Å². The predicted molar refractivity (Wildman–Crippen MR) is 45.5 cm³/mol. The van der Waals surface area contributed by atoms with Crippen LogP contribution in [0.5, 0.6) is 0 Å². The summed E-state index contributed by atoms with van der Waals surface area (Å²) >= 11 is -2.08. The van der Waals surface area contributed by atoms with Crippen LogP contribution in [-0.2, 0) is 0 Å². The first-order chi connectivity index (χ1) is 4.30. The van der Waals surface area contributed by atoms with E-state index in [2.05, 4.69) is 0 Å². The maximum Gasteiger partial charge on any atom is -0.870 e. The van der Waals surface area contributed by atoms with Gasteiger partial charge in [0.2, 0.25) is 0 Å². The molecule has 0 aliphatic carbocycles. The second-order valence-electron chi connectivity index (χ2n) is 1.63. The molecule has 0 aliphatic heterocycles. The fourth-order valence-corrected chi connectivity index (χ4v) is 3.52. The molecule has 0 atom stereocenters. The van der Waals surface area contributed by atoms with Crippen molar-refractivity contribution in [1.82, 2.24) is 0 Å². The zero-order valence-corrected chi connectivity index (χ0v) is 9.46. The van der Waals surface area contributed by atoms with Gasteiger partial charge in [-0.15, -0.1) is 0 Å². The SMILES string of the molecule is [Cl][Sn+]([Cl])[c]1ccccc1.[OH-]. The van der Waals surface area contributed by atoms with Gasteiger partial charge in [-0.1, -0.05) is 0 Å². The molecule has 1 aromatic carbocycles. The molecule has 1 aromatic rings. The van der Waals surface area contributed by atoms with Gasteiger partial charge in [-0.25, -0.2) is 0 Å². The Hall–Kier alpha value is 0.559. The normalized spacial score (nSPS) is 8.20. The quantitative estimate of drug-likeness (QED) is 0.721. The second kappa shape index (κ2) is 5.24. The molecule has 1 nitrogen and oxygen atoms in total. The van der Waals surface area contributed by atoms with Crippen molar-refractivity contribution in [3.05, 3.63) is 30.3 Å². The van der Waals surface area contributed by atoms with Crippen molar-refractivity contribution in [3.8, 4) is 0 Å². The first-order valence-electron chi connectivity index (χ1n) is 2.54. The maximum atomic E-state index is 5.77. The van der Waals surface area contributed by atoms with Crippen LogP contribution in [0.2, 0.25) is 0 Å². The molecule has 0 heterocycles. The molecule has 1 N–H and O–H groups in total. The zero-order chi connectivity index (χ0) is 6.69. The van der Waals surface area contributed by atoms with E-state index in [0.717, 1.165) is 3.58 Å². The van der Waals surface area contributed by atoms with Crippen molar-refractivity contribution in [2.24, 2.45) is 0 Å². The summed E-state index contributed by atoms with van der Waals surface area (Å²) in [6, 6.07) is 9.84. The largest absolute Gasteiger partial charge is 0.870 e. The van der Waals surface area contributed by atoms with E-state index in [-0.39, 0.29) is 5.48 Å². The number of rotatable bonds is 1. The molecule has 0 saturated carbocycles. The van der Waals surface area contributed by atoms with Crippen molar-refractivity contribution >= 4 is 38.9 Å². The molecular weight excluding hydrogens is 278 g/mol. The van der Waals surface area contributed by atoms with E-state index in [0.29, 0.717) is 0 Å². The molecule has 10 heavy (non-hydrogen) atoms. The van der Waals surface area contributed by atoms with Crippen LogP contribution in [0.4, 0.5) is 0 Å². The molecule has 54 valence electrons. The molecule has 0 radical (unpaired) electrons. The molecule has 1 rings (SSSR count). The Bertz CT molecular complexity index is 178. The maximum absolute atomic E-state index is 5.77. The van der Waals surface area contributed by atoms with Crippen molar-refractivity contribution in [2.75, 3.05) is 0 Å². The van der Waals surface area contributed by atoms with Crippen molar-refractivity contribution in [1.29, 1.82) is 0 Å². The van der Waals surface area contributed by atoms with Gasteiger partial charge in [-0.3, -0.25) is 0 Å². The Morgan fingerprint density at radius 3 is 1.80 bits per heavy atom. The summed E-state index contributed by atoms with van der Waals surface area (Å²) in [5.41, 5.74) is 0. The predicted octanol–water partition coefficient (Wildman–Crippen LogP) is 1.68. The Morgan fingerprint density at radius 1 is 1.00 bits per heavy atom. The summed E-state index contributed by atoms with van der Waals surface area (Å²) in [6.07, 6.45) is 0. The van der Waals surface area contributed by atoms with Crippen LogP contribution >= 0.6 is 17.8 Å². The van der Waals surface area contributed by atoms with E-state index >= 15 is 0 Å². The Labute approximate surface area is 74.4 Å². The van der Waals surface area contributed by atoms with Crippen LogP contribution in [0, 0.1) is 0 Å². The summed E-state index contributed by atoms with van der Waals surface area (Å²) in [4.78, 5) is 0. The topological polar surface area (TPSA) is 30.0 Å². The summed E-state index contributed by atoms with van der Waals surface area (Å²) < 4.78 is 1.14. The van der Waals surface area contributed by atoms with Gasteiger partial charge in [0.15, 0.2) is 0 Å². The van der Waals surface area contributed by atoms with Crippen LogP contribution < -0.4 is 3.58 Å². The third-order valence-electron chi connectivity index (χ3n) is 0.992. The zero-order valence-electron chi connectivity index (χ0n) is 5.09. The minimum Gasteiger partial charge on any atom is -0.870 e. The summed E-state index contributed by atoms with van der Waals surface area (Å²) in [5, 5.41) is 0. The Morgan fingerprint density at radius 2 is 1.50 bits per heavy atom. The Kier molecular flexibility index (Phi) is 5.53. The van der Waals surface area contributed by atoms with Crippen molar-refractivity contribution in [3.63, 3.8) is 0 Å². The monoisotopic (exact) mass is 284 g/mol. The molecule has 4 heteroatoms. The standard InChI is InChI=1S/C6H5.2ClH.H2O.Sn/c1-2-4-6-5-3-1;;;;/h1-5H;2*1H;1H2;/q;;;;+3/p-3. The molecule has 0 aliphatic rings. The van der Waals surface area contributed by atoms with E-state index in [4.69, 9.17) is 17.8 Å². The Balaban J connectivity index is 0.000000810. The molecule has 0 unspecified atom stereocenters. The minimum atomic E-state index is -2.08. The molecule has 0 aromatic heterocycles. The van der Waals surface area contributed by atoms with Gasteiger partial charge in [0.25, 0.3) is 0 Å². The minimum absolute atomic E-state index is 0. The van der Waals surface area contributed by atoms with Crippen LogP contribution in [-0.4, -0.2) is 23.0 Å². The van der Waals surface area contributed by atoms with Crippen molar-refractivity contribution < 1.29 is 5.48 Å². The van der Waals surface area contributed by atoms with E-state index in [1.165, 1.54) is 0 Å². The van der Waals surface area contributed by atoms with E-state index in [9.17, 15) is 0 Å². The third kappa shape index (κ3) is 3.10. The van der Waals surface area contributed by atoms with Gasteiger partial charge in [0, 0.05) is 0 Å². The smallest absolute Gasteiger partial charge is 0.870 e. The van der Waals surface area contributed by atoms with Gasteiger partial charge in [-0.05, 0) is 0 Å². The summed E-state index contributed by atoms with van der Waals surface area (Å²) in [6.45, 7) is 0. The van der Waals surface area contributed by atoms with Crippen LogP contribution in [0.15, 0.2) is 30.3 Å². The van der Waals surface area contributed by atoms with Gasteiger partial charge in [0.05, 0.1) is 0 Å². The third-order valence-corrected chi connectivity index (χ3v) is 6.12. The van der Waals surface area contributed by atoms with Crippen molar-refractivity contribution in [2.45, 2.75) is 0 Å². The van der Waals surface area contributed by atoms with Crippen LogP contribution in [0.25, 0.3) is 0 Å². The molecule has 0 saturated heterocycles. The molecule has 0 amide bonds. The van der Waals surface area contributed by atoms with Gasteiger partial charge in [-0.2, -0.15) is 0 Å². The molecule has 0 bridgehead atoms. The molecular formula is C6H6Cl2OSn. The number of halogens is 2. The van der Waals surface area contributed by atoms with Gasteiger partial charge >= 0.3 is 69.3 Å². The van der Waals surface area contributed by atoms with Crippen LogP contribution in [0.1, 0.15) is 0 Å². The van der Waals surface area contributed by atoms with Gasteiger partial charge < -0.3 is 5.48 Å². The second-order valence-corrected chi connectivity index (χ2v) is 11.1. The van der Waals surface area contributed by atoms with E-state index in [1.807, 2.05) is 30.3 Å².